The van der Waals surface area contributed by atoms with E-state index in [1.807, 2.05) is 18.7 Å². The van der Waals surface area contributed by atoms with Gasteiger partial charge in [-0.2, -0.15) is 0 Å². The third-order valence-electron chi connectivity index (χ3n) is 4.41. The van der Waals surface area contributed by atoms with Crippen LogP contribution >= 0.6 is 0 Å². The molecule has 1 fully saturated rings. The van der Waals surface area contributed by atoms with Gasteiger partial charge >= 0.3 is 0 Å². The first-order chi connectivity index (χ1) is 10.0. The minimum Gasteiger partial charge on any atom is -0.340 e. The Morgan fingerprint density at radius 1 is 1.48 bits per heavy atom. The highest BCUT2D eigenvalue weighted by molar-refractivity contribution is 5.93. The second-order valence-electron chi connectivity index (χ2n) is 6.15. The second-order valence-corrected chi connectivity index (χ2v) is 6.15. The lowest BCUT2D eigenvalue weighted by molar-refractivity contribution is 0.0768. The largest absolute Gasteiger partial charge is 0.340 e. The second kappa shape index (κ2) is 7.02. The van der Waals surface area contributed by atoms with Gasteiger partial charge in [0.2, 0.25) is 0 Å². The highest BCUT2D eigenvalue weighted by Gasteiger charge is 2.24. The van der Waals surface area contributed by atoms with Gasteiger partial charge in [0.25, 0.3) is 5.91 Å². The first-order valence-electron chi connectivity index (χ1n) is 7.92. The van der Waals surface area contributed by atoms with Crippen LogP contribution in [0.25, 0.3) is 0 Å². The van der Waals surface area contributed by atoms with Crippen molar-refractivity contribution in [3.8, 4) is 0 Å². The Labute approximate surface area is 126 Å². The van der Waals surface area contributed by atoms with Gasteiger partial charge in [-0.25, -0.2) is 4.68 Å². The molecule has 0 radical (unpaired) electrons. The summed E-state index contributed by atoms with van der Waals surface area (Å²) >= 11 is 0. The van der Waals surface area contributed by atoms with Crippen molar-refractivity contribution < 1.29 is 4.79 Å². The molecule has 0 aliphatic carbocycles. The molecule has 1 saturated heterocycles. The smallest absolute Gasteiger partial charge is 0.276 e. The van der Waals surface area contributed by atoms with Crippen LogP contribution in [0.15, 0.2) is 0 Å². The van der Waals surface area contributed by atoms with E-state index in [-0.39, 0.29) is 5.91 Å². The number of carbonyl (C=O) groups excluding carboxylic acids is 1. The number of nitrogens with zero attached hydrogens (tertiary/aromatic N) is 4. The molecule has 1 aromatic rings. The molecule has 2 rings (SSSR count). The van der Waals surface area contributed by atoms with Gasteiger partial charge in [-0.15, -0.1) is 5.10 Å². The summed E-state index contributed by atoms with van der Waals surface area (Å²) in [5, 5.41) is 11.7. The summed E-state index contributed by atoms with van der Waals surface area (Å²) in [5.41, 5.74) is 1.39. The quantitative estimate of drug-likeness (QED) is 0.896. The van der Waals surface area contributed by atoms with Crippen molar-refractivity contribution in [1.82, 2.24) is 25.2 Å². The van der Waals surface area contributed by atoms with Crippen LogP contribution in [0, 0.1) is 12.8 Å². The van der Waals surface area contributed by atoms with Gasteiger partial charge in [0, 0.05) is 13.6 Å². The Morgan fingerprint density at radius 3 is 2.76 bits per heavy atom. The van der Waals surface area contributed by atoms with Crippen molar-refractivity contribution in [2.45, 2.75) is 46.1 Å². The summed E-state index contributed by atoms with van der Waals surface area (Å²) in [5.74, 6) is 0.478. The van der Waals surface area contributed by atoms with Gasteiger partial charge in [0.15, 0.2) is 5.69 Å². The summed E-state index contributed by atoms with van der Waals surface area (Å²) < 4.78 is 1.94. The monoisotopic (exact) mass is 293 g/mol. The van der Waals surface area contributed by atoms with Crippen molar-refractivity contribution in [1.29, 1.82) is 0 Å². The number of rotatable bonds is 5. The van der Waals surface area contributed by atoms with Crippen molar-refractivity contribution in [3.63, 3.8) is 0 Å². The van der Waals surface area contributed by atoms with Gasteiger partial charge in [-0.1, -0.05) is 25.5 Å². The lowest BCUT2D eigenvalue weighted by Crippen LogP contribution is -2.32. The van der Waals surface area contributed by atoms with E-state index in [1.165, 1.54) is 0 Å². The fourth-order valence-corrected chi connectivity index (χ4v) is 2.80. The molecular weight excluding hydrogens is 266 g/mol. The van der Waals surface area contributed by atoms with Gasteiger partial charge in [0.05, 0.1) is 11.7 Å². The summed E-state index contributed by atoms with van der Waals surface area (Å²) in [6.45, 7) is 9.01. The van der Waals surface area contributed by atoms with E-state index in [1.54, 1.807) is 4.90 Å². The SMILES string of the molecule is CCC(C)CN(C)C(=O)c1nnn(C2CCNCC2)c1C. The van der Waals surface area contributed by atoms with Crippen LogP contribution in [0.2, 0.25) is 0 Å². The number of nitrogens with one attached hydrogen (secondary N) is 1. The average Bonchev–Trinajstić information content (AvgIpc) is 2.88. The van der Waals surface area contributed by atoms with Gasteiger partial charge in [0.1, 0.15) is 0 Å². The van der Waals surface area contributed by atoms with Crippen LogP contribution in [0.4, 0.5) is 0 Å². The van der Waals surface area contributed by atoms with Crippen LogP contribution in [0.3, 0.4) is 0 Å². The normalized spacial score (nSPS) is 17.7. The van der Waals surface area contributed by atoms with Crippen molar-refractivity contribution in [3.05, 3.63) is 11.4 Å². The number of aromatic nitrogens is 3. The Hall–Kier alpha value is -1.43. The first kappa shape index (κ1) is 15.9. The average molecular weight is 293 g/mol. The highest BCUT2D eigenvalue weighted by atomic mass is 16.2. The number of hydrogen-bond donors (Lipinski definition) is 1. The van der Waals surface area contributed by atoms with E-state index in [2.05, 4.69) is 29.5 Å². The maximum atomic E-state index is 12.5. The lowest BCUT2D eigenvalue weighted by atomic mass is 10.1. The molecule has 0 bridgehead atoms. The molecule has 2 heterocycles. The molecule has 1 amide bonds. The number of carbonyl (C=O) groups is 1. The Morgan fingerprint density at radius 2 is 2.14 bits per heavy atom. The van der Waals surface area contributed by atoms with E-state index < -0.39 is 0 Å². The third-order valence-corrected chi connectivity index (χ3v) is 4.41. The van der Waals surface area contributed by atoms with E-state index in [4.69, 9.17) is 0 Å². The van der Waals surface area contributed by atoms with Crippen LogP contribution < -0.4 is 5.32 Å². The highest BCUT2D eigenvalue weighted by Crippen LogP contribution is 2.21. The fraction of sp³-hybridized carbons (Fsp3) is 0.800. The van der Waals surface area contributed by atoms with Crippen LogP contribution in [0.5, 0.6) is 0 Å². The number of piperidine rings is 1. The molecule has 0 aromatic carbocycles. The molecule has 1 N–H and O–H groups in total. The van der Waals surface area contributed by atoms with Crippen LogP contribution in [-0.4, -0.2) is 52.5 Å². The number of amides is 1. The van der Waals surface area contributed by atoms with Crippen molar-refractivity contribution >= 4 is 5.91 Å². The van der Waals surface area contributed by atoms with E-state index in [9.17, 15) is 4.79 Å². The fourth-order valence-electron chi connectivity index (χ4n) is 2.80. The third kappa shape index (κ3) is 3.61. The zero-order chi connectivity index (χ0) is 15.4. The first-order valence-corrected chi connectivity index (χ1v) is 7.92. The van der Waals surface area contributed by atoms with E-state index in [0.29, 0.717) is 17.7 Å². The minimum absolute atomic E-state index is 0.0204. The summed E-state index contributed by atoms with van der Waals surface area (Å²) in [7, 11) is 1.84. The molecule has 6 nitrogen and oxygen atoms in total. The van der Waals surface area contributed by atoms with Crippen molar-refractivity contribution in [2.24, 2.45) is 5.92 Å². The van der Waals surface area contributed by atoms with Crippen LogP contribution in [0.1, 0.15) is 55.3 Å². The maximum absolute atomic E-state index is 12.5. The Bertz CT molecular complexity index is 478. The molecule has 0 saturated carbocycles. The molecule has 1 atom stereocenters. The summed E-state index contributed by atoms with van der Waals surface area (Å²) in [6, 6.07) is 0.361. The summed E-state index contributed by atoms with van der Waals surface area (Å²) in [4.78, 5) is 14.3. The van der Waals surface area contributed by atoms with Gasteiger partial charge in [-0.3, -0.25) is 4.79 Å². The van der Waals surface area contributed by atoms with Crippen LogP contribution in [-0.2, 0) is 0 Å². The molecule has 6 heteroatoms. The van der Waals surface area contributed by atoms with Gasteiger partial charge < -0.3 is 10.2 Å². The van der Waals surface area contributed by atoms with Gasteiger partial charge in [-0.05, 0) is 38.8 Å². The van der Waals surface area contributed by atoms with Crippen molar-refractivity contribution in [2.75, 3.05) is 26.7 Å². The molecule has 118 valence electrons. The molecular formula is C15H27N5O. The lowest BCUT2D eigenvalue weighted by Gasteiger charge is -2.24. The molecule has 21 heavy (non-hydrogen) atoms. The molecule has 0 spiro atoms. The Kier molecular flexibility index (Phi) is 5.33. The molecule has 1 aliphatic heterocycles. The standard InChI is InChI=1S/C15H27N5O/c1-5-11(2)10-19(4)15(21)14-12(3)20(18-17-14)13-6-8-16-9-7-13/h11,13,16H,5-10H2,1-4H3. The molecule has 1 aliphatic rings. The number of hydrogen-bond acceptors (Lipinski definition) is 4. The van der Waals surface area contributed by atoms with E-state index in [0.717, 1.165) is 44.6 Å². The van der Waals surface area contributed by atoms with E-state index >= 15 is 0 Å². The topological polar surface area (TPSA) is 63.1 Å². The molecule has 1 aromatic heterocycles. The zero-order valence-corrected chi connectivity index (χ0v) is 13.6. The zero-order valence-electron chi connectivity index (χ0n) is 13.6. The minimum atomic E-state index is -0.0204. The predicted octanol–water partition coefficient (Wildman–Crippen LogP) is 1.63. The Balaban J connectivity index is 2.09. The maximum Gasteiger partial charge on any atom is 0.276 e. The molecule has 1 unspecified atom stereocenters. The predicted molar refractivity (Wildman–Crippen MR) is 82.3 cm³/mol. The summed E-state index contributed by atoms with van der Waals surface area (Å²) in [6.07, 6.45) is 3.15.